The lowest BCUT2D eigenvalue weighted by atomic mass is 10.1. The lowest BCUT2D eigenvalue weighted by molar-refractivity contribution is 0.0862. The van der Waals surface area contributed by atoms with Gasteiger partial charge in [-0.3, -0.25) is 4.79 Å². The van der Waals surface area contributed by atoms with Gasteiger partial charge in [-0.25, -0.2) is 4.98 Å². The van der Waals surface area contributed by atoms with Crippen molar-refractivity contribution in [2.75, 3.05) is 32.2 Å². The number of carbonyl (C=O) groups is 1. The molecule has 2 aromatic carbocycles. The molecule has 0 radical (unpaired) electrons. The van der Waals surface area contributed by atoms with Gasteiger partial charge in [0, 0.05) is 45.5 Å². The van der Waals surface area contributed by atoms with Gasteiger partial charge in [-0.2, -0.15) is 9.97 Å². The zero-order chi connectivity index (χ0) is 34.3. The van der Waals surface area contributed by atoms with E-state index in [9.17, 15) is 9.90 Å². The van der Waals surface area contributed by atoms with Gasteiger partial charge in [-0.1, -0.05) is 25.7 Å². The molecule has 258 valence electrons. The molecule has 4 heterocycles. The van der Waals surface area contributed by atoms with E-state index in [1.165, 1.54) is 0 Å². The van der Waals surface area contributed by atoms with Crippen LogP contribution in [0.3, 0.4) is 0 Å². The molecule has 13 heteroatoms. The normalized spacial score (nSPS) is 16.5. The summed E-state index contributed by atoms with van der Waals surface area (Å²) in [4.78, 5) is 29.0. The van der Waals surface area contributed by atoms with Crippen molar-refractivity contribution in [2.45, 2.75) is 77.2 Å². The predicted octanol–water partition coefficient (Wildman–Crippen LogP) is 6.75. The second-order valence-corrected chi connectivity index (χ2v) is 19.8. The van der Waals surface area contributed by atoms with E-state index >= 15 is 0 Å². The lowest BCUT2D eigenvalue weighted by Gasteiger charge is -2.17. The molecule has 5 aromatic rings. The molecule has 1 aliphatic carbocycles. The van der Waals surface area contributed by atoms with Gasteiger partial charge in [0.05, 0.1) is 30.8 Å². The van der Waals surface area contributed by atoms with Crippen LogP contribution in [0.15, 0.2) is 47.0 Å². The zero-order valence-electron chi connectivity index (χ0n) is 28.8. The summed E-state index contributed by atoms with van der Waals surface area (Å²) in [6.07, 6.45) is 6.26. The molecular weight excluding hydrogens is 641 g/mol. The van der Waals surface area contributed by atoms with Gasteiger partial charge in [-0.15, -0.1) is 0 Å². The summed E-state index contributed by atoms with van der Waals surface area (Å²) in [6.45, 7) is 10.3. The van der Waals surface area contributed by atoms with E-state index in [-0.39, 0.29) is 24.7 Å². The number of methoxy groups -OCH3 is 1. The van der Waals surface area contributed by atoms with E-state index < -0.39 is 8.07 Å². The fraction of sp³-hybridized carbons (Fsp3) is 0.444. The first-order chi connectivity index (χ1) is 23.6. The first-order valence-electron chi connectivity index (χ1n) is 17.0. The Labute approximate surface area is 286 Å². The SMILES string of the molecule is COc1cc(C(=O)N2CC2CO)ccc1Nc1nc(OC2CCCC2)c2c(-c3ccc4nc(C)oc4c3)cn(COCC[Si](C)(C)C)c2n1. The van der Waals surface area contributed by atoms with Crippen LogP contribution < -0.4 is 14.8 Å². The number of hydrogen-bond acceptors (Lipinski definition) is 10. The van der Waals surface area contributed by atoms with E-state index in [1.54, 1.807) is 30.2 Å². The van der Waals surface area contributed by atoms with Crippen LogP contribution in [0.1, 0.15) is 41.9 Å². The topological polar surface area (TPSA) is 137 Å². The molecule has 3 aromatic heterocycles. The maximum atomic E-state index is 12.9. The summed E-state index contributed by atoms with van der Waals surface area (Å²) in [5.74, 6) is 1.76. The van der Waals surface area contributed by atoms with Crippen molar-refractivity contribution < 1.29 is 28.5 Å². The molecule has 1 aliphatic heterocycles. The minimum atomic E-state index is -1.28. The molecule has 2 aliphatic rings. The molecule has 1 atom stereocenters. The second-order valence-electron chi connectivity index (χ2n) is 14.2. The number of aromatic nitrogens is 4. The Morgan fingerprint density at radius 1 is 1.10 bits per heavy atom. The molecule has 0 bridgehead atoms. The van der Waals surface area contributed by atoms with Gasteiger partial charge in [0.2, 0.25) is 11.8 Å². The highest BCUT2D eigenvalue weighted by Gasteiger charge is 2.38. The molecule has 12 nitrogen and oxygen atoms in total. The molecule has 2 N–H and O–H groups in total. The van der Waals surface area contributed by atoms with E-state index in [2.05, 4.69) is 36.1 Å². The summed E-state index contributed by atoms with van der Waals surface area (Å²) in [6, 6.07) is 12.1. The zero-order valence-corrected chi connectivity index (χ0v) is 29.8. The molecule has 7 rings (SSSR count). The first-order valence-corrected chi connectivity index (χ1v) is 20.7. The number of hydrogen-bond donors (Lipinski definition) is 2. The highest BCUT2D eigenvalue weighted by Crippen LogP contribution is 2.40. The number of amides is 1. The smallest absolute Gasteiger partial charge is 0.254 e. The van der Waals surface area contributed by atoms with Crippen molar-refractivity contribution in [3.05, 3.63) is 54.0 Å². The number of oxazole rings is 1. The maximum absolute atomic E-state index is 12.9. The largest absolute Gasteiger partial charge is 0.495 e. The minimum absolute atomic E-state index is 0.0469. The van der Waals surface area contributed by atoms with E-state index in [1.807, 2.05) is 29.7 Å². The lowest BCUT2D eigenvalue weighted by Crippen LogP contribution is -2.22. The number of anilines is 2. The minimum Gasteiger partial charge on any atom is -0.495 e. The Morgan fingerprint density at radius 3 is 2.65 bits per heavy atom. The predicted molar refractivity (Wildman–Crippen MR) is 190 cm³/mol. The van der Waals surface area contributed by atoms with Crippen molar-refractivity contribution in [1.29, 1.82) is 0 Å². The third-order valence-corrected chi connectivity index (χ3v) is 10.9. The molecule has 1 amide bonds. The monoisotopic (exact) mass is 684 g/mol. The van der Waals surface area contributed by atoms with E-state index in [4.69, 9.17) is 28.6 Å². The number of ether oxygens (including phenoxy) is 3. The Kier molecular flexibility index (Phi) is 9.07. The number of fused-ring (bicyclic) bond motifs is 2. The average Bonchev–Trinajstić information content (AvgIpc) is 3.31. The van der Waals surface area contributed by atoms with Crippen molar-refractivity contribution in [2.24, 2.45) is 0 Å². The van der Waals surface area contributed by atoms with Gasteiger partial charge >= 0.3 is 0 Å². The maximum Gasteiger partial charge on any atom is 0.254 e. The number of carbonyl (C=O) groups excluding carboxylic acids is 1. The summed E-state index contributed by atoms with van der Waals surface area (Å²) >= 11 is 0. The van der Waals surface area contributed by atoms with Crippen LogP contribution in [0, 0.1) is 6.92 Å². The highest BCUT2D eigenvalue weighted by atomic mass is 28.3. The fourth-order valence-electron chi connectivity index (χ4n) is 6.32. The standard InChI is InChI=1S/C36H44N6O6Si/c1-22-37-29-12-10-23(16-31(29)47-22)27-19-41(21-46-14-15-49(3,4)5)33-32(27)34(48-26-8-6-7-9-26)40-36(39-33)38-28-13-11-24(17-30(28)45-2)35(44)42-18-25(42)20-43/h10-13,16-17,19,25-26,43H,6-9,14-15,18,20-21H2,1-5H3,(H,38,39,40). The molecule has 0 spiro atoms. The number of rotatable bonds is 13. The van der Waals surface area contributed by atoms with Crippen LogP contribution in [0.25, 0.3) is 33.3 Å². The number of benzene rings is 2. The molecule has 1 saturated heterocycles. The molecule has 1 saturated carbocycles. The highest BCUT2D eigenvalue weighted by molar-refractivity contribution is 6.76. The number of nitrogens with zero attached hydrogens (tertiary/aromatic N) is 5. The van der Waals surface area contributed by atoms with Gasteiger partial charge < -0.3 is 38.5 Å². The van der Waals surface area contributed by atoms with Gasteiger partial charge in [0.1, 0.15) is 24.1 Å². The molecule has 1 unspecified atom stereocenters. The molecular formula is C36H44N6O6Si. The van der Waals surface area contributed by atoms with Crippen molar-refractivity contribution in [3.8, 4) is 22.8 Å². The number of aryl methyl sites for hydroxylation is 1. The van der Waals surface area contributed by atoms with Gasteiger partial charge in [0.25, 0.3) is 5.91 Å². The van der Waals surface area contributed by atoms with Crippen LogP contribution in [0.2, 0.25) is 25.7 Å². The summed E-state index contributed by atoms with van der Waals surface area (Å²) < 4.78 is 26.5. The van der Waals surface area contributed by atoms with Gasteiger partial charge in [0.15, 0.2) is 17.1 Å². The number of nitrogens with one attached hydrogen (secondary N) is 1. The number of aliphatic hydroxyl groups is 1. The molecule has 49 heavy (non-hydrogen) atoms. The Bertz CT molecular complexity index is 2000. The van der Waals surface area contributed by atoms with Crippen molar-refractivity contribution in [3.63, 3.8) is 0 Å². The van der Waals surface area contributed by atoms with E-state index in [0.29, 0.717) is 65.8 Å². The Balaban J connectivity index is 1.30. The quantitative estimate of drug-likeness (QED) is 0.0779. The van der Waals surface area contributed by atoms with Crippen LogP contribution in [0.4, 0.5) is 11.6 Å². The van der Waals surface area contributed by atoms with Crippen LogP contribution >= 0.6 is 0 Å². The average molecular weight is 685 g/mol. The van der Waals surface area contributed by atoms with Crippen molar-refractivity contribution in [1.82, 2.24) is 24.4 Å². The number of aliphatic hydroxyl groups excluding tert-OH is 1. The Hall–Kier alpha value is -4.46. The van der Waals surface area contributed by atoms with Crippen LogP contribution in [-0.2, 0) is 11.5 Å². The molecule has 2 fully saturated rings. The fourth-order valence-corrected chi connectivity index (χ4v) is 7.08. The summed E-state index contributed by atoms with van der Waals surface area (Å²) in [5, 5.41) is 13.6. The third-order valence-electron chi connectivity index (χ3n) is 9.18. The van der Waals surface area contributed by atoms with Crippen LogP contribution in [-0.4, -0.2) is 82.5 Å². The van der Waals surface area contributed by atoms with Gasteiger partial charge in [-0.05, 0) is 67.6 Å². The second kappa shape index (κ2) is 13.4. The third kappa shape index (κ3) is 7.14. The van der Waals surface area contributed by atoms with Crippen molar-refractivity contribution >= 4 is 47.7 Å². The van der Waals surface area contributed by atoms with E-state index in [0.717, 1.165) is 53.8 Å². The Morgan fingerprint density at radius 2 is 1.92 bits per heavy atom. The summed E-state index contributed by atoms with van der Waals surface area (Å²) in [7, 11) is 0.274. The van der Waals surface area contributed by atoms with Crippen LogP contribution in [0.5, 0.6) is 11.6 Å². The first kappa shape index (κ1) is 33.1. The summed E-state index contributed by atoms with van der Waals surface area (Å²) in [5.41, 5.74) is 5.11.